The molecule has 1 saturated heterocycles. The van der Waals surface area contributed by atoms with Crippen molar-refractivity contribution in [2.75, 3.05) is 18.1 Å². The first-order chi connectivity index (χ1) is 8.98. The molecule has 1 aliphatic rings. The lowest BCUT2D eigenvalue weighted by atomic mass is 10.3. The van der Waals surface area contributed by atoms with E-state index in [9.17, 15) is 18.0 Å². The van der Waals surface area contributed by atoms with E-state index in [0.29, 0.717) is 13.0 Å². The van der Waals surface area contributed by atoms with Crippen molar-refractivity contribution < 1.29 is 27.4 Å². The lowest BCUT2D eigenvalue weighted by Gasteiger charge is -2.25. The molecule has 2 rings (SSSR count). The largest absolute Gasteiger partial charge is 0.494 e. The van der Waals surface area contributed by atoms with E-state index in [0.717, 1.165) is 0 Å². The van der Waals surface area contributed by atoms with Gasteiger partial charge in [-0.3, -0.25) is 0 Å². The van der Waals surface area contributed by atoms with Crippen molar-refractivity contribution in [2.24, 2.45) is 0 Å². The number of rotatable bonds is 2. The molecular weight excluding hydrogens is 263 g/mol. The highest BCUT2D eigenvalue weighted by Gasteiger charge is 2.44. The summed E-state index contributed by atoms with van der Waals surface area (Å²) in [7, 11) is 0. The zero-order valence-electron chi connectivity index (χ0n) is 9.89. The minimum atomic E-state index is -4.84. The average molecular weight is 275 g/mol. The Morgan fingerprint density at radius 3 is 2.53 bits per heavy atom. The van der Waals surface area contributed by atoms with Crippen molar-refractivity contribution in [2.45, 2.75) is 18.8 Å². The van der Waals surface area contributed by atoms with Crippen LogP contribution in [0.4, 0.5) is 23.7 Å². The summed E-state index contributed by atoms with van der Waals surface area (Å²) in [6, 6.07) is 6.79. The number of carbonyl (C=O) groups excluding carboxylic acids is 1. The molecule has 1 aromatic carbocycles. The van der Waals surface area contributed by atoms with Gasteiger partial charge in [-0.2, -0.15) is 4.90 Å². The lowest BCUT2D eigenvalue weighted by molar-refractivity contribution is -0.126. The predicted molar refractivity (Wildman–Crippen MR) is 60.7 cm³/mol. The third-order valence-corrected chi connectivity index (χ3v) is 2.61. The fourth-order valence-corrected chi connectivity index (χ4v) is 1.73. The summed E-state index contributed by atoms with van der Waals surface area (Å²) < 4.78 is 48.5. The highest BCUT2D eigenvalue weighted by molar-refractivity contribution is 5.88. The van der Waals surface area contributed by atoms with E-state index in [1.807, 2.05) is 0 Å². The van der Waals surface area contributed by atoms with Gasteiger partial charge in [-0.05, 0) is 12.1 Å². The van der Waals surface area contributed by atoms with Crippen LogP contribution in [0.5, 0.6) is 0 Å². The van der Waals surface area contributed by atoms with Crippen molar-refractivity contribution in [3.63, 3.8) is 0 Å². The zero-order valence-corrected chi connectivity index (χ0v) is 9.89. The van der Waals surface area contributed by atoms with Crippen molar-refractivity contribution >= 4 is 11.8 Å². The minimum absolute atomic E-state index is 0.131. The van der Waals surface area contributed by atoms with E-state index in [1.165, 1.54) is 24.3 Å². The number of carbonyl (C=O) groups is 1. The van der Waals surface area contributed by atoms with Crippen LogP contribution in [0.15, 0.2) is 30.3 Å². The number of hydrogen-bond acceptors (Lipinski definition) is 3. The Bertz CT molecular complexity index is 430. The van der Waals surface area contributed by atoms with Crippen LogP contribution >= 0.6 is 0 Å². The van der Waals surface area contributed by atoms with Crippen molar-refractivity contribution in [3.8, 4) is 0 Å². The van der Waals surface area contributed by atoms with Gasteiger partial charge in [0.1, 0.15) is 6.10 Å². The van der Waals surface area contributed by atoms with Crippen LogP contribution in [-0.4, -0.2) is 31.7 Å². The van der Waals surface area contributed by atoms with Crippen LogP contribution in [0.1, 0.15) is 6.42 Å². The number of amides is 1. The van der Waals surface area contributed by atoms with Gasteiger partial charge in [0, 0.05) is 6.42 Å². The van der Waals surface area contributed by atoms with Gasteiger partial charge in [-0.1, -0.05) is 18.2 Å². The summed E-state index contributed by atoms with van der Waals surface area (Å²) in [4.78, 5) is 11.4. The number of ether oxygens (including phenoxy) is 2. The van der Waals surface area contributed by atoms with Crippen molar-refractivity contribution in [1.82, 2.24) is 0 Å². The zero-order chi connectivity index (χ0) is 13.9. The predicted octanol–water partition coefficient (Wildman–Crippen LogP) is 2.94. The fourth-order valence-electron chi connectivity index (χ4n) is 1.73. The smallest absolute Gasteiger partial charge is 0.443 e. The molecule has 0 N–H and O–H groups in total. The van der Waals surface area contributed by atoms with Gasteiger partial charge in [-0.25, -0.2) is 4.79 Å². The Labute approximate surface area is 107 Å². The normalized spacial score (nSPS) is 19.2. The Kier molecular flexibility index (Phi) is 3.94. The van der Waals surface area contributed by atoms with Crippen LogP contribution in [0.2, 0.25) is 0 Å². The molecule has 0 radical (unpaired) electrons. The molecule has 0 aliphatic carbocycles. The average Bonchev–Trinajstić information content (AvgIpc) is 2.81. The van der Waals surface area contributed by atoms with Gasteiger partial charge in [0.25, 0.3) is 0 Å². The van der Waals surface area contributed by atoms with E-state index >= 15 is 0 Å². The van der Waals surface area contributed by atoms with Crippen LogP contribution in [0, 0.1) is 0 Å². The van der Waals surface area contributed by atoms with E-state index in [2.05, 4.69) is 0 Å². The molecule has 1 amide bonds. The highest BCUT2D eigenvalue weighted by atomic mass is 19.4. The molecule has 104 valence electrons. The number of halogens is 3. The van der Waals surface area contributed by atoms with E-state index < -0.39 is 18.5 Å². The maximum atomic E-state index is 12.9. The monoisotopic (exact) mass is 275 g/mol. The number of hydrogen-bond donors (Lipinski definition) is 0. The number of nitrogens with zero attached hydrogens (tertiary/aromatic N) is 1. The first-order valence-corrected chi connectivity index (χ1v) is 5.69. The Morgan fingerprint density at radius 2 is 2.00 bits per heavy atom. The van der Waals surface area contributed by atoms with E-state index in [4.69, 9.17) is 9.47 Å². The number of anilines is 1. The first-order valence-electron chi connectivity index (χ1n) is 5.69. The standard InChI is InChI=1S/C12H12F3NO3/c13-12(14,15)16(9-4-2-1-3-5-9)11(17)19-10-6-7-18-8-10/h1-5,10H,6-8H2/t10-/m0/s1. The minimum Gasteiger partial charge on any atom is -0.443 e. The molecule has 4 nitrogen and oxygen atoms in total. The summed E-state index contributed by atoms with van der Waals surface area (Å²) in [5, 5.41) is 0. The molecule has 0 aromatic heterocycles. The highest BCUT2D eigenvalue weighted by Crippen LogP contribution is 2.29. The Morgan fingerprint density at radius 1 is 1.32 bits per heavy atom. The maximum absolute atomic E-state index is 12.9. The second kappa shape index (κ2) is 5.48. The molecule has 0 saturated carbocycles. The molecule has 1 aromatic rings. The summed E-state index contributed by atoms with van der Waals surface area (Å²) in [5.41, 5.74) is -0.279. The van der Waals surface area contributed by atoms with Gasteiger partial charge in [0.15, 0.2) is 0 Å². The van der Waals surface area contributed by atoms with Crippen LogP contribution < -0.4 is 4.90 Å². The van der Waals surface area contributed by atoms with Crippen LogP contribution in [0.3, 0.4) is 0 Å². The number of benzene rings is 1. The molecular formula is C12H12F3NO3. The summed E-state index contributed by atoms with van der Waals surface area (Å²) >= 11 is 0. The second-order valence-electron chi connectivity index (χ2n) is 4.01. The molecule has 0 bridgehead atoms. The van der Waals surface area contributed by atoms with Crippen molar-refractivity contribution in [1.29, 1.82) is 0 Å². The Balaban J connectivity index is 2.16. The van der Waals surface area contributed by atoms with Gasteiger partial charge >= 0.3 is 12.4 Å². The maximum Gasteiger partial charge on any atom is 0.494 e. The third kappa shape index (κ3) is 3.37. The SMILES string of the molecule is O=C(O[C@H]1CCOC1)N(c1ccccc1)C(F)(F)F. The second-order valence-corrected chi connectivity index (χ2v) is 4.01. The molecule has 1 fully saturated rings. The fraction of sp³-hybridized carbons (Fsp3) is 0.417. The number of para-hydroxylation sites is 1. The molecule has 7 heteroatoms. The van der Waals surface area contributed by atoms with Gasteiger partial charge in [-0.15, -0.1) is 13.2 Å². The quantitative estimate of drug-likeness (QED) is 0.779. The molecule has 19 heavy (non-hydrogen) atoms. The van der Waals surface area contributed by atoms with Gasteiger partial charge < -0.3 is 9.47 Å². The lowest BCUT2D eigenvalue weighted by Crippen LogP contribution is -2.44. The van der Waals surface area contributed by atoms with Gasteiger partial charge in [0.2, 0.25) is 0 Å². The summed E-state index contributed by atoms with van der Waals surface area (Å²) in [6.07, 6.45) is -6.49. The molecule has 1 aliphatic heterocycles. The molecule has 0 spiro atoms. The molecule has 1 heterocycles. The summed E-state index contributed by atoms with van der Waals surface area (Å²) in [5.74, 6) is 0. The molecule has 1 atom stereocenters. The topological polar surface area (TPSA) is 38.8 Å². The molecule has 0 unspecified atom stereocenters. The van der Waals surface area contributed by atoms with Crippen LogP contribution in [-0.2, 0) is 9.47 Å². The van der Waals surface area contributed by atoms with E-state index in [-0.39, 0.29) is 17.2 Å². The number of alkyl halides is 3. The van der Waals surface area contributed by atoms with Crippen LogP contribution in [0.25, 0.3) is 0 Å². The first kappa shape index (κ1) is 13.7. The third-order valence-electron chi connectivity index (χ3n) is 2.61. The van der Waals surface area contributed by atoms with Crippen molar-refractivity contribution in [3.05, 3.63) is 30.3 Å². The Hall–Kier alpha value is -1.76. The van der Waals surface area contributed by atoms with Gasteiger partial charge in [0.05, 0.1) is 18.9 Å². The van der Waals surface area contributed by atoms with E-state index in [1.54, 1.807) is 6.07 Å². The summed E-state index contributed by atoms with van der Waals surface area (Å²) in [6.45, 7) is 0.515.